The van der Waals surface area contributed by atoms with Crippen molar-refractivity contribution in [2.75, 3.05) is 12.8 Å². The Hall–Kier alpha value is -2.24. The zero-order valence-electron chi connectivity index (χ0n) is 12.1. The van der Waals surface area contributed by atoms with E-state index in [-0.39, 0.29) is 28.9 Å². The highest BCUT2D eigenvalue weighted by Crippen LogP contribution is 2.26. The van der Waals surface area contributed by atoms with Crippen LogP contribution in [0.1, 0.15) is 31.1 Å². The molecule has 0 radical (unpaired) electrons. The van der Waals surface area contributed by atoms with Crippen LogP contribution in [0.5, 0.6) is 5.75 Å². The van der Waals surface area contributed by atoms with Crippen LogP contribution in [0, 0.1) is 0 Å². The molecular formula is C14H20N2O4. The van der Waals surface area contributed by atoms with Crippen LogP contribution < -0.4 is 15.8 Å². The minimum Gasteiger partial charge on any atom is -0.480 e. The van der Waals surface area contributed by atoms with Crippen molar-refractivity contribution in [1.82, 2.24) is 5.32 Å². The second kappa shape index (κ2) is 6.79. The van der Waals surface area contributed by atoms with Crippen LogP contribution in [-0.4, -0.2) is 31.1 Å². The molecule has 0 spiro atoms. The molecule has 1 aromatic carbocycles. The van der Waals surface area contributed by atoms with E-state index in [2.05, 4.69) is 10.1 Å². The van der Waals surface area contributed by atoms with Crippen molar-refractivity contribution in [1.29, 1.82) is 0 Å². The van der Waals surface area contributed by atoms with Gasteiger partial charge < -0.3 is 20.5 Å². The normalized spacial score (nSPS) is 11.8. The summed E-state index contributed by atoms with van der Waals surface area (Å²) in [7, 11) is 1.26. The van der Waals surface area contributed by atoms with Crippen LogP contribution >= 0.6 is 0 Å². The third-order valence-electron chi connectivity index (χ3n) is 2.55. The molecule has 6 nitrogen and oxygen atoms in total. The molecule has 0 saturated heterocycles. The van der Waals surface area contributed by atoms with Crippen LogP contribution in [0.15, 0.2) is 18.2 Å². The predicted molar refractivity (Wildman–Crippen MR) is 75.6 cm³/mol. The van der Waals surface area contributed by atoms with Crippen molar-refractivity contribution >= 4 is 17.6 Å². The topological polar surface area (TPSA) is 90.7 Å². The molecule has 0 aliphatic carbocycles. The van der Waals surface area contributed by atoms with Crippen molar-refractivity contribution in [2.24, 2.45) is 0 Å². The number of nitrogens with two attached hydrogens (primary N) is 1. The van der Waals surface area contributed by atoms with Crippen molar-refractivity contribution in [3.05, 3.63) is 23.8 Å². The quantitative estimate of drug-likeness (QED) is 0.627. The van der Waals surface area contributed by atoms with Gasteiger partial charge in [-0.05, 0) is 32.9 Å². The Kier molecular flexibility index (Phi) is 5.37. The van der Waals surface area contributed by atoms with E-state index in [1.165, 1.54) is 7.11 Å². The van der Waals surface area contributed by atoms with Gasteiger partial charge in [-0.2, -0.15) is 0 Å². The number of hydrogen-bond acceptors (Lipinski definition) is 5. The Bertz CT molecular complexity index is 500. The number of carbonyl (C=O) groups is 2. The number of carbonyl (C=O) groups excluding carboxylic acids is 2. The molecule has 1 rings (SSSR count). The molecule has 1 atom stereocenters. The van der Waals surface area contributed by atoms with Gasteiger partial charge in [0.1, 0.15) is 11.3 Å². The Morgan fingerprint density at radius 1 is 1.25 bits per heavy atom. The summed E-state index contributed by atoms with van der Waals surface area (Å²) in [6, 6.07) is 4.79. The molecule has 0 aliphatic rings. The first-order valence-electron chi connectivity index (χ1n) is 6.30. The summed E-state index contributed by atoms with van der Waals surface area (Å²) >= 11 is 0. The molecule has 0 heterocycles. The molecule has 3 N–H and O–H groups in total. The Morgan fingerprint density at radius 3 is 2.45 bits per heavy atom. The molecule has 20 heavy (non-hydrogen) atoms. The minimum atomic E-state index is -0.748. The number of nitrogens with one attached hydrogen (secondary N) is 1. The molecule has 0 saturated carbocycles. The lowest BCUT2D eigenvalue weighted by molar-refractivity contribution is -0.127. The van der Waals surface area contributed by atoms with Gasteiger partial charge in [0, 0.05) is 11.7 Å². The number of ether oxygens (including phenoxy) is 2. The highest BCUT2D eigenvalue weighted by molar-refractivity contribution is 5.98. The third kappa shape index (κ3) is 3.88. The zero-order chi connectivity index (χ0) is 15.3. The van der Waals surface area contributed by atoms with Gasteiger partial charge in [-0.1, -0.05) is 6.07 Å². The number of esters is 1. The highest BCUT2D eigenvalue weighted by atomic mass is 16.5. The van der Waals surface area contributed by atoms with Crippen molar-refractivity contribution in [3.63, 3.8) is 0 Å². The molecule has 0 bridgehead atoms. The van der Waals surface area contributed by atoms with Gasteiger partial charge in [-0.3, -0.25) is 4.79 Å². The summed E-state index contributed by atoms with van der Waals surface area (Å²) in [5.74, 6) is -0.643. The van der Waals surface area contributed by atoms with E-state index < -0.39 is 12.1 Å². The first kappa shape index (κ1) is 15.8. The van der Waals surface area contributed by atoms with Crippen LogP contribution in [0.3, 0.4) is 0 Å². The Labute approximate surface area is 118 Å². The predicted octanol–water partition coefficient (Wildman–Crippen LogP) is 1.35. The van der Waals surface area contributed by atoms with Gasteiger partial charge in [0.25, 0.3) is 5.91 Å². The van der Waals surface area contributed by atoms with E-state index >= 15 is 0 Å². The second-order valence-electron chi connectivity index (χ2n) is 4.64. The highest BCUT2D eigenvalue weighted by Gasteiger charge is 2.21. The van der Waals surface area contributed by atoms with E-state index in [0.29, 0.717) is 0 Å². The number of methoxy groups -OCH3 is 1. The van der Waals surface area contributed by atoms with E-state index in [1.54, 1.807) is 25.1 Å². The Balaban J connectivity index is 2.95. The van der Waals surface area contributed by atoms with Gasteiger partial charge in [-0.25, -0.2) is 4.79 Å². The van der Waals surface area contributed by atoms with Crippen LogP contribution in [0.25, 0.3) is 0 Å². The first-order valence-corrected chi connectivity index (χ1v) is 6.30. The maximum absolute atomic E-state index is 11.8. The molecule has 1 unspecified atom stereocenters. The summed E-state index contributed by atoms with van der Waals surface area (Å²) in [5.41, 5.74) is 6.11. The van der Waals surface area contributed by atoms with Gasteiger partial charge in [0.15, 0.2) is 6.10 Å². The summed E-state index contributed by atoms with van der Waals surface area (Å²) in [6.07, 6.45) is -0.748. The molecule has 0 fully saturated rings. The van der Waals surface area contributed by atoms with E-state index in [9.17, 15) is 9.59 Å². The fraction of sp³-hybridized carbons (Fsp3) is 0.429. The van der Waals surface area contributed by atoms with Crippen LogP contribution in [0.4, 0.5) is 5.69 Å². The van der Waals surface area contributed by atoms with Crippen molar-refractivity contribution in [2.45, 2.75) is 32.9 Å². The molecule has 1 amide bonds. The smallest absolute Gasteiger partial charge is 0.343 e. The number of anilines is 1. The van der Waals surface area contributed by atoms with E-state index in [4.69, 9.17) is 10.5 Å². The largest absolute Gasteiger partial charge is 0.480 e. The molecule has 6 heteroatoms. The molecule has 110 valence electrons. The van der Waals surface area contributed by atoms with Crippen molar-refractivity contribution in [3.8, 4) is 5.75 Å². The lowest BCUT2D eigenvalue weighted by Crippen LogP contribution is -2.40. The zero-order valence-corrected chi connectivity index (χ0v) is 12.1. The maximum atomic E-state index is 11.8. The van der Waals surface area contributed by atoms with Gasteiger partial charge in [-0.15, -0.1) is 0 Å². The van der Waals surface area contributed by atoms with Crippen molar-refractivity contribution < 1.29 is 19.1 Å². The van der Waals surface area contributed by atoms with Gasteiger partial charge in [0.05, 0.1) is 7.11 Å². The number of nitrogen functional groups attached to an aromatic ring is 1. The average molecular weight is 280 g/mol. The minimum absolute atomic E-state index is 0.00877. The number of amides is 1. The van der Waals surface area contributed by atoms with E-state index in [0.717, 1.165) is 0 Å². The number of rotatable bonds is 5. The summed E-state index contributed by atoms with van der Waals surface area (Å²) < 4.78 is 10.2. The third-order valence-corrected chi connectivity index (χ3v) is 2.55. The van der Waals surface area contributed by atoms with Crippen LogP contribution in [-0.2, 0) is 9.53 Å². The molecular weight excluding hydrogens is 260 g/mol. The standard InChI is InChI=1S/C14H20N2O4/c1-8(2)16-13(17)9(3)20-11-7-5-6-10(15)12(11)14(18)19-4/h5-9H,15H2,1-4H3,(H,16,17). The fourth-order valence-corrected chi connectivity index (χ4v) is 1.61. The lowest BCUT2D eigenvalue weighted by Gasteiger charge is -2.18. The summed E-state index contributed by atoms with van der Waals surface area (Å²) in [6.45, 7) is 5.30. The number of hydrogen-bond donors (Lipinski definition) is 2. The molecule has 0 aliphatic heterocycles. The Morgan fingerprint density at radius 2 is 1.90 bits per heavy atom. The lowest BCUT2D eigenvalue weighted by atomic mass is 10.1. The maximum Gasteiger partial charge on any atom is 0.343 e. The number of benzene rings is 1. The van der Waals surface area contributed by atoms with Gasteiger partial charge in [0.2, 0.25) is 0 Å². The van der Waals surface area contributed by atoms with Crippen LogP contribution in [0.2, 0.25) is 0 Å². The molecule has 0 aromatic heterocycles. The first-order chi connectivity index (χ1) is 9.36. The fourth-order valence-electron chi connectivity index (χ4n) is 1.61. The van der Waals surface area contributed by atoms with E-state index in [1.807, 2.05) is 13.8 Å². The summed E-state index contributed by atoms with van der Waals surface area (Å²) in [4.78, 5) is 23.5. The summed E-state index contributed by atoms with van der Waals surface area (Å²) in [5, 5.41) is 2.73. The second-order valence-corrected chi connectivity index (χ2v) is 4.64. The van der Waals surface area contributed by atoms with Gasteiger partial charge >= 0.3 is 5.97 Å². The molecule has 1 aromatic rings. The average Bonchev–Trinajstić information content (AvgIpc) is 2.37. The monoisotopic (exact) mass is 280 g/mol. The SMILES string of the molecule is COC(=O)c1c(N)cccc1OC(C)C(=O)NC(C)C.